The molecule has 4 nitrogen and oxygen atoms in total. The molecule has 0 fully saturated rings. The molecule has 1 aromatic carbocycles. The third-order valence-corrected chi connectivity index (χ3v) is 3.55. The van der Waals surface area contributed by atoms with E-state index in [2.05, 4.69) is 33.2 Å². The number of hydrogen-bond acceptors (Lipinski definition) is 4. The third-order valence-electron chi connectivity index (χ3n) is 3.11. The summed E-state index contributed by atoms with van der Waals surface area (Å²) in [6, 6.07) is 13.8. The van der Waals surface area contributed by atoms with Crippen molar-refractivity contribution in [1.82, 2.24) is 4.98 Å². The van der Waals surface area contributed by atoms with Crippen LogP contribution in [0.25, 0.3) is 0 Å². The Bertz CT molecular complexity index is 650. The number of halogens is 1. The molecule has 0 aliphatic carbocycles. The minimum absolute atomic E-state index is 0.0664. The third kappa shape index (κ3) is 4.20. The zero-order valence-corrected chi connectivity index (χ0v) is 13.5. The Hall–Kier alpha value is -2.06. The summed E-state index contributed by atoms with van der Waals surface area (Å²) in [7, 11) is 0. The van der Waals surface area contributed by atoms with Gasteiger partial charge in [0.2, 0.25) is 0 Å². The van der Waals surface area contributed by atoms with Crippen LogP contribution in [-0.4, -0.2) is 11.6 Å². The van der Waals surface area contributed by atoms with Crippen molar-refractivity contribution in [2.75, 3.05) is 11.9 Å². The van der Waals surface area contributed by atoms with Gasteiger partial charge < -0.3 is 10.1 Å². The summed E-state index contributed by atoms with van der Waals surface area (Å²) in [4.78, 5) is 4.37. The first-order valence-corrected chi connectivity index (χ1v) is 7.39. The van der Waals surface area contributed by atoms with E-state index in [-0.39, 0.29) is 12.6 Å². The summed E-state index contributed by atoms with van der Waals surface area (Å²) in [6.07, 6.45) is 0. The Morgan fingerprint density at radius 2 is 2.00 bits per heavy atom. The van der Waals surface area contributed by atoms with Crippen molar-refractivity contribution in [2.45, 2.75) is 19.9 Å². The number of nitrogens with one attached hydrogen (secondary N) is 1. The number of ether oxygens (including phenoxy) is 1. The molecule has 0 spiro atoms. The Balaban J connectivity index is 2.06. The van der Waals surface area contributed by atoms with Crippen LogP contribution in [-0.2, 0) is 0 Å². The highest BCUT2D eigenvalue weighted by atomic mass is 79.9. The molecular weight excluding hydrogens is 330 g/mol. The van der Waals surface area contributed by atoms with Gasteiger partial charge in [-0.2, -0.15) is 5.26 Å². The topological polar surface area (TPSA) is 57.9 Å². The maximum absolute atomic E-state index is 8.49. The fourth-order valence-corrected chi connectivity index (χ4v) is 2.37. The second-order valence-electron chi connectivity index (χ2n) is 4.65. The van der Waals surface area contributed by atoms with Crippen molar-refractivity contribution >= 4 is 21.6 Å². The molecule has 5 heteroatoms. The van der Waals surface area contributed by atoms with E-state index in [0.717, 1.165) is 21.5 Å². The van der Waals surface area contributed by atoms with Crippen LogP contribution in [0.5, 0.6) is 5.75 Å². The summed E-state index contributed by atoms with van der Waals surface area (Å²) < 4.78 is 6.07. The average molecular weight is 346 g/mol. The lowest BCUT2D eigenvalue weighted by atomic mass is 10.1. The van der Waals surface area contributed by atoms with Crippen LogP contribution in [0.1, 0.15) is 24.2 Å². The number of hydrogen-bond donors (Lipinski definition) is 1. The first kappa shape index (κ1) is 15.3. The van der Waals surface area contributed by atoms with Crippen molar-refractivity contribution in [3.63, 3.8) is 0 Å². The standard InChI is InChI=1S/C16H16BrN3O/c1-11(19-15-7-8-16(17)20-12(15)2)13-3-5-14(6-4-13)21-10-9-18/h3-8,11,19H,10H2,1-2H3. The van der Waals surface area contributed by atoms with Gasteiger partial charge in [0.05, 0.1) is 11.4 Å². The number of nitrogens with zero attached hydrogens (tertiary/aromatic N) is 2. The smallest absolute Gasteiger partial charge is 0.174 e. The van der Waals surface area contributed by atoms with Crippen molar-refractivity contribution < 1.29 is 4.74 Å². The van der Waals surface area contributed by atoms with E-state index in [1.807, 2.05) is 49.4 Å². The molecule has 0 radical (unpaired) electrons. The van der Waals surface area contributed by atoms with E-state index < -0.39 is 0 Å². The maximum Gasteiger partial charge on any atom is 0.174 e. The quantitative estimate of drug-likeness (QED) is 0.824. The summed E-state index contributed by atoms with van der Waals surface area (Å²) in [5.41, 5.74) is 3.10. The van der Waals surface area contributed by atoms with Gasteiger partial charge in [-0.25, -0.2) is 4.98 Å². The molecule has 0 aliphatic heterocycles. The first-order valence-electron chi connectivity index (χ1n) is 6.59. The summed E-state index contributed by atoms with van der Waals surface area (Å²) in [5.74, 6) is 0.703. The number of rotatable bonds is 5. The molecule has 0 saturated carbocycles. The van der Waals surface area contributed by atoms with Crippen LogP contribution < -0.4 is 10.1 Å². The van der Waals surface area contributed by atoms with Crippen molar-refractivity contribution in [3.8, 4) is 11.8 Å². The van der Waals surface area contributed by atoms with E-state index in [0.29, 0.717) is 5.75 Å². The largest absolute Gasteiger partial charge is 0.479 e. The molecule has 0 saturated heterocycles. The van der Waals surface area contributed by atoms with Gasteiger partial charge in [0, 0.05) is 6.04 Å². The van der Waals surface area contributed by atoms with Gasteiger partial charge in [0.25, 0.3) is 0 Å². The van der Waals surface area contributed by atoms with E-state index in [1.54, 1.807) is 0 Å². The van der Waals surface area contributed by atoms with E-state index in [4.69, 9.17) is 10.00 Å². The molecule has 0 aliphatic rings. The normalized spacial score (nSPS) is 11.5. The second kappa shape index (κ2) is 7.09. The molecule has 21 heavy (non-hydrogen) atoms. The minimum atomic E-state index is 0.0664. The van der Waals surface area contributed by atoms with Crippen LogP contribution in [0.2, 0.25) is 0 Å². The van der Waals surface area contributed by atoms with Gasteiger partial charge >= 0.3 is 0 Å². The lowest BCUT2D eigenvalue weighted by Crippen LogP contribution is -2.08. The van der Waals surface area contributed by atoms with Gasteiger partial charge in [-0.05, 0) is 59.6 Å². The zero-order chi connectivity index (χ0) is 15.2. The second-order valence-corrected chi connectivity index (χ2v) is 5.46. The Kier molecular flexibility index (Phi) is 5.18. The molecule has 1 atom stereocenters. The summed E-state index contributed by atoms with van der Waals surface area (Å²) in [5, 5.41) is 11.9. The molecule has 108 valence electrons. The molecule has 0 amide bonds. The van der Waals surface area contributed by atoms with E-state index >= 15 is 0 Å². The monoisotopic (exact) mass is 345 g/mol. The number of aryl methyl sites for hydroxylation is 1. The molecule has 1 aromatic heterocycles. The Morgan fingerprint density at radius 1 is 1.29 bits per heavy atom. The first-order chi connectivity index (χ1) is 10.1. The van der Waals surface area contributed by atoms with Crippen LogP contribution >= 0.6 is 15.9 Å². The lowest BCUT2D eigenvalue weighted by Gasteiger charge is -2.17. The molecule has 2 aromatic rings. The molecule has 2 rings (SSSR count). The highest BCUT2D eigenvalue weighted by molar-refractivity contribution is 9.10. The fraction of sp³-hybridized carbons (Fsp3) is 0.250. The van der Waals surface area contributed by atoms with Crippen molar-refractivity contribution in [2.24, 2.45) is 0 Å². The molecule has 1 unspecified atom stereocenters. The highest BCUT2D eigenvalue weighted by Gasteiger charge is 2.08. The predicted molar refractivity (Wildman–Crippen MR) is 86.3 cm³/mol. The predicted octanol–water partition coefficient (Wildman–Crippen LogP) is 4.23. The van der Waals surface area contributed by atoms with Gasteiger partial charge in [-0.1, -0.05) is 12.1 Å². The number of nitriles is 1. The minimum Gasteiger partial charge on any atom is -0.479 e. The van der Waals surface area contributed by atoms with Crippen LogP contribution in [0.15, 0.2) is 41.0 Å². The van der Waals surface area contributed by atoms with Crippen molar-refractivity contribution in [3.05, 3.63) is 52.3 Å². The summed E-state index contributed by atoms with van der Waals surface area (Å²) in [6.45, 7) is 4.13. The van der Waals surface area contributed by atoms with Gasteiger partial charge in [-0.3, -0.25) is 0 Å². The van der Waals surface area contributed by atoms with Crippen molar-refractivity contribution in [1.29, 1.82) is 5.26 Å². The molecule has 0 bridgehead atoms. The highest BCUT2D eigenvalue weighted by Crippen LogP contribution is 2.24. The number of aromatic nitrogens is 1. The number of anilines is 1. The molecule has 1 heterocycles. The summed E-state index contributed by atoms with van der Waals surface area (Å²) >= 11 is 3.36. The van der Waals surface area contributed by atoms with Gasteiger partial charge in [0.1, 0.15) is 16.4 Å². The SMILES string of the molecule is Cc1nc(Br)ccc1NC(C)c1ccc(OCC#N)cc1. The Labute approximate surface area is 132 Å². The Morgan fingerprint density at radius 3 is 2.62 bits per heavy atom. The maximum atomic E-state index is 8.49. The number of pyridine rings is 1. The average Bonchev–Trinajstić information content (AvgIpc) is 2.48. The van der Waals surface area contributed by atoms with Crippen LogP contribution in [0.4, 0.5) is 5.69 Å². The molecule has 1 N–H and O–H groups in total. The van der Waals surface area contributed by atoms with Gasteiger partial charge in [0.15, 0.2) is 6.61 Å². The van der Waals surface area contributed by atoms with E-state index in [9.17, 15) is 0 Å². The fourth-order valence-electron chi connectivity index (χ4n) is 1.97. The zero-order valence-electron chi connectivity index (χ0n) is 11.9. The number of benzene rings is 1. The molecular formula is C16H16BrN3O. The van der Waals surface area contributed by atoms with Crippen LogP contribution in [0, 0.1) is 18.3 Å². The van der Waals surface area contributed by atoms with Gasteiger partial charge in [-0.15, -0.1) is 0 Å². The van der Waals surface area contributed by atoms with Crippen LogP contribution in [0.3, 0.4) is 0 Å². The lowest BCUT2D eigenvalue weighted by molar-refractivity contribution is 0.368. The van der Waals surface area contributed by atoms with E-state index in [1.165, 1.54) is 0 Å².